The highest BCUT2D eigenvalue weighted by molar-refractivity contribution is 7.89. The van der Waals surface area contributed by atoms with Gasteiger partial charge in [-0.3, -0.25) is 4.79 Å². The van der Waals surface area contributed by atoms with Crippen LogP contribution in [0.4, 0.5) is 10.2 Å². The van der Waals surface area contributed by atoms with Crippen molar-refractivity contribution in [3.8, 4) is 0 Å². The number of piperazine rings is 1. The van der Waals surface area contributed by atoms with Gasteiger partial charge >= 0.3 is 0 Å². The van der Waals surface area contributed by atoms with Gasteiger partial charge in [0.2, 0.25) is 10.0 Å². The Balaban J connectivity index is 1.68. The molecule has 0 N–H and O–H groups in total. The predicted octanol–water partition coefficient (Wildman–Crippen LogP) is 1.43. The minimum absolute atomic E-state index is 0.117. The van der Waals surface area contributed by atoms with Crippen molar-refractivity contribution in [3.63, 3.8) is 0 Å². The smallest absolute Gasteiger partial charge is 0.255 e. The molecule has 1 aliphatic heterocycles. The van der Waals surface area contributed by atoms with E-state index in [1.54, 1.807) is 17.0 Å². The van der Waals surface area contributed by atoms with Crippen molar-refractivity contribution in [1.82, 2.24) is 14.2 Å². The SMILES string of the molecule is CN(C)c1ccc(C(=O)N2CCN(S(=O)(=O)c3ccccc3F)CC2)cn1. The van der Waals surface area contributed by atoms with E-state index in [0.717, 1.165) is 11.9 Å². The van der Waals surface area contributed by atoms with Crippen LogP contribution in [0.5, 0.6) is 0 Å². The molecule has 0 bridgehead atoms. The third-order valence-electron chi connectivity index (χ3n) is 4.43. The average Bonchev–Trinajstić information content (AvgIpc) is 2.68. The van der Waals surface area contributed by atoms with E-state index in [4.69, 9.17) is 0 Å². The van der Waals surface area contributed by atoms with E-state index in [-0.39, 0.29) is 37.0 Å². The molecule has 27 heavy (non-hydrogen) atoms. The molecular formula is C18H21FN4O3S. The van der Waals surface area contributed by atoms with Crippen LogP contribution in [0.2, 0.25) is 0 Å². The van der Waals surface area contributed by atoms with E-state index in [0.29, 0.717) is 5.56 Å². The van der Waals surface area contributed by atoms with Crippen LogP contribution in [-0.4, -0.2) is 68.8 Å². The third-order valence-corrected chi connectivity index (χ3v) is 6.37. The van der Waals surface area contributed by atoms with Crippen molar-refractivity contribution >= 4 is 21.7 Å². The first kappa shape index (κ1) is 19.2. The van der Waals surface area contributed by atoms with Crippen LogP contribution in [0.3, 0.4) is 0 Å². The summed E-state index contributed by atoms with van der Waals surface area (Å²) in [6.07, 6.45) is 1.51. The van der Waals surface area contributed by atoms with Crippen LogP contribution in [0.15, 0.2) is 47.5 Å². The maximum atomic E-state index is 13.9. The zero-order valence-corrected chi connectivity index (χ0v) is 16.0. The van der Waals surface area contributed by atoms with Gasteiger partial charge in [-0.05, 0) is 24.3 Å². The number of amides is 1. The number of sulfonamides is 1. The van der Waals surface area contributed by atoms with Gasteiger partial charge in [-0.15, -0.1) is 0 Å². The monoisotopic (exact) mass is 392 g/mol. The summed E-state index contributed by atoms with van der Waals surface area (Å²) in [5, 5.41) is 0. The molecule has 0 unspecified atom stereocenters. The number of aromatic nitrogens is 1. The fourth-order valence-corrected chi connectivity index (χ4v) is 4.37. The Hall–Kier alpha value is -2.52. The van der Waals surface area contributed by atoms with Crippen LogP contribution >= 0.6 is 0 Å². The third kappa shape index (κ3) is 3.93. The molecule has 1 saturated heterocycles. The molecule has 0 radical (unpaired) electrons. The van der Waals surface area contributed by atoms with Gasteiger partial charge < -0.3 is 9.80 Å². The molecule has 3 rings (SSSR count). The van der Waals surface area contributed by atoms with Gasteiger partial charge in [0.15, 0.2) is 0 Å². The van der Waals surface area contributed by atoms with Gasteiger partial charge in [0.05, 0.1) is 5.56 Å². The molecule has 2 aromatic rings. The minimum atomic E-state index is -3.92. The first-order valence-electron chi connectivity index (χ1n) is 8.48. The number of hydrogen-bond acceptors (Lipinski definition) is 5. The van der Waals surface area contributed by atoms with Gasteiger partial charge in [0.1, 0.15) is 16.5 Å². The maximum absolute atomic E-state index is 13.9. The first-order chi connectivity index (χ1) is 12.8. The molecule has 0 spiro atoms. The first-order valence-corrected chi connectivity index (χ1v) is 9.92. The molecule has 144 valence electrons. The summed E-state index contributed by atoms with van der Waals surface area (Å²) in [6.45, 7) is 0.709. The molecule has 9 heteroatoms. The number of benzene rings is 1. The summed E-state index contributed by atoms with van der Waals surface area (Å²) in [4.78, 5) is 19.9. The molecule has 1 aromatic carbocycles. The Bertz CT molecular complexity index is 924. The molecule has 0 aliphatic carbocycles. The molecule has 1 aliphatic rings. The standard InChI is InChI=1S/C18H21FN4O3S/c1-21(2)17-8-7-14(13-20-17)18(24)22-9-11-23(12-10-22)27(25,26)16-6-4-3-5-15(16)19/h3-8,13H,9-12H2,1-2H3. The van der Waals surface area contributed by atoms with Crippen LogP contribution in [0.1, 0.15) is 10.4 Å². The van der Waals surface area contributed by atoms with Crippen molar-refractivity contribution in [1.29, 1.82) is 0 Å². The molecule has 1 amide bonds. The molecular weight excluding hydrogens is 371 g/mol. The van der Waals surface area contributed by atoms with Crippen LogP contribution in [-0.2, 0) is 10.0 Å². The number of carbonyl (C=O) groups is 1. The summed E-state index contributed by atoms with van der Waals surface area (Å²) in [6, 6.07) is 8.76. The van der Waals surface area contributed by atoms with Gasteiger partial charge in [-0.2, -0.15) is 4.31 Å². The normalized spacial score (nSPS) is 15.6. The maximum Gasteiger partial charge on any atom is 0.255 e. The highest BCUT2D eigenvalue weighted by Crippen LogP contribution is 2.21. The predicted molar refractivity (Wildman–Crippen MR) is 99.6 cm³/mol. The zero-order valence-electron chi connectivity index (χ0n) is 15.2. The van der Waals surface area contributed by atoms with Crippen molar-refractivity contribution in [2.75, 3.05) is 45.2 Å². The van der Waals surface area contributed by atoms with E-state index in [1.807, 2.05) is 19.0 Å². The van der Waals surface area contributed by atoms with Crippen LogP contribution in [0.25, 0.3) is 0 Å². The number of nitrogens with zero attached hydrogens (tertiary/aromatic N) is 4. The van der Waals surface area contributed by atoms with Crippen molar-refractivity contribution < 1.29 is 17.6 Å². The van der Waals surface area contributed by atoms with E-state index >= 15 is 0 Å². The van der Waals surface area contributed by atoms with Crippen LogP contribution in [0, 0.1) is 5.82 Å². The van der Waals surface area contributed by atoms with Gasteiger partial charge in [0, 0.05) is 46.5 Å². The average molecular weight is 392 g/mol. The number of anilines is 1. The molecule has 0 saturated carbocycles. The van der Waals surface area contributed by atoms with E-state index in [1.165, 1.54) is 28.7 Å². The summed E-state index contributed by atoms with van der Waals surface area (Å²) >= 11 is 0. The Morgan fingerprint density at radius 3 is 2.30 bits per heavy atom. The Morgan fingerprint density at radius 2 is 1.74 bits per heavy atom. The molecule has 7 nitrogen and oxygen atoms in total. The lowest BCUT2D eigenvalue weighted by Gasteiger charge is -2.34. The Labute approximate surface area is 158 Å². The van der Waals surface area contributed by atoms with Gasteiger partial charge in [0.25, 0.3) is 5.91 Å². The fraction of sp³-hybridized carbons (Fsp3) is 0.333. The quantitative estimate of drug-likeness (QED) is 0.787. The van der Waals surface area contributed by atoms with E-state index < -0.39 is 15.8 Å². The second kappa shape index (κ2) is 7.61. The summed E-state index contributed by atoms with van der Waals surface area (Å²) in [7, 11) is -0.199. The summed E-state index contributed by atoms with van der Waals surface area (Å²) < 4.78 is 40.3. The number of halogens is 1. The molecule has 0 atom stereocenters. The lowest BCUT2D eigenvalue weighted by Crippen LogP contribution is -2.50. The molecule has 1 aromatic heterocycles. The molecule has 1 fully saturated rings. The van der Waals surface area contributed by atoms with Crippen molar-refractivity contribution in [2.45, 2.75) is 4.90 Å². The van der Waals surface area contributed by atoms with Crippen molar-refractivity contribution in [2.24, 2.45) is 0 Å². The van der Waals surface area contributed by atoms with Crippen molar-refractivity contribution in [3.05, 3.63) is 54.0 Å². The number of hydrogen-bond donors (Lipinski definition) is 0. The largest absolute Gasteiger partial charge is 0.363 e. The fourth-order valence-electron chi connectivity index (χ4n) is 2.88. The zero-order chi connectivity index (χ0) is 19.6. The van der Waals surface area contributed by atoms with E-state index in [9.17, 15) is 17.6 Å². The number of rotatable bonds is 4. The molecule has 2 heterocycles. The number of pyridine rings is 1. The van der Waals surface area contributed by atoms with Gasteiger partial charge in [-0.25, -0.2) is 17.8 Å². The summed E-state index contributed by atoms with van der Waals surface area (Å²) in [5.41, 5.74) is 0.450. The highest BCUT2D eigenvalue weighted by atomic mass is 32.2. The van der Waals surface area contributed by atoms with Gasteiger partial charge in [-0.1, -0.05) is 12.1 Å². The Kier molecular flexibility index (Phi) is 5.43. The summed E-state index contributed by atoms with van der Waals surface area (Å²) in [5.74, 6) is -0.230. The lowest BCUT2D eigenvalue weighted by atomic mass is 10.2. The number of carbonyl (C=O) groups excluding carboxylic acids is 1. The van der Waals surface area contributed by atoms with Crippen LogP contribution < -0.4 is 4.90 Å². The van der Waals surface area contributed by atoms with E-state index in [2.05, 4.69) is 4.98 Å². The lowest BCUT2D eigenvalue weighted by molar-refractivity contribution is 0.0697. The Morgan fingerprint density at radius 1 is 1.07 bits per heavy atom. The topological polar surface area (TPSA) is 73.8 Å². The second-order valence-corrected chi connectivity index (χ2v) is 8.33. The minimum Gasteiger partial charge on any atom is -0.363 e. The second-order valence-electron chi connectivity index (χ2n) is 6.43. The highest BCUT2D eigenvalue weighted by Gasteiger charge is 2.32.